The van der Waals surface area contributed by atoms with E-state index in [1.54, 1.807) is 0 Å². The Kier molecular flexibility index (Phi) is 17.5. The molecule has 0 saturated carbocycles. The fraction of sp³-hybridized carbons (Fsp3) is 0.650. The third kappa shape index (κ3) is 17.2. The van der Waals surface area contributed by atoms with Crippen molar-refractivity contribution in [3.05, 3.63) is 43.4 Å². The van der Waals surface area contributed by atoms with Gasteiger partial charge in [0, 0.05) is 0 Å². The van der Waals surface area contributed by atoms with E-state index >= 15 is 0 Å². The number of allylic oxidation sites excluding steroid dienone is 6. The normalized spacial score (nSPS) is 12.3. The highest BCUT2D eigenvalue weighted by Crippen LogP contribution is 2.05. The standard InChI is InChI=1S/C20H35/c1-3-5-7-9-11-13-15-17-19-20-18-16-14-12-10-8-6-4-2/h12,14-15,17-18,20H,1,3-11,13,16,19H2,2H3/b14-12-,17-15-,20-18-. The monoisotopic (exact) mass is 275 g/mol. The van der Waals surface area contributed by atoms with Crippen LogP contribution in [0.25, 0.3) is 0 Å². The Morgan fingerprint density at radius 2 is 1.10 bits per heavy atom. The van der Waals surface area contributed by atoms with Crippen LogP contribution >= 0.6 is 0 Å². The summed E-state index contributed by atoms with van der Waals surface area (Å²) in [5.74, 6) is 0. The van der Waals surface area contributed by atoms with E-state index in [0.29, 0.717) is 0 Å². The first-order chi connectivity index (χ1) is 9.91. The lowest BCUT2D eigenvalue weighted by Gasteiger charge is -1.95. The molecule has 0 heterocycles. The smallest absolute Gasteiger partial charge is 0.0169 e. The molecular formula is C20H35. The minimum atomic E-state index is 1.09. The number of unbranched alkanes of at least 4 members (excludes halogenated alkanes) is 8. The molecule has 0 aromatic carbocycles. The molecule has 0 saturated heterocycles. The maximum absolute atomic E-state index is 3.87. The van der Waals surface area contributed by atoms with Gasteiger partial charge in [-0.1, -0.05) is 88.8 Å². The molecule has 20 heavy (non-hydrogen) atoms. The van der Waals surface area contributed by atoms with Crippen molar-refractivity contribution < 1.29 is 0 Å². The van der Waals surface area contributed by atoms with Crippen molar-refractivity contribution >= 4 is 0 Å². The molecule has 0 atom stereocenters. The fourth-order valence-electron chi connectivity index (χ4n) is 2.08. The maximum atomic E-state index is 3.87. The van der Waals surface area contributed by atoms with E-state index in [-0.39, 0.29) is 0 Å². The Hall–Kier alpha value is -0.780. The Bertz CT molecular complexity index is 245. The van der Waals surface area contributed by atoms with Crippen LogP contribution in [0.2, 0.25) is 0 Å². The summed E-state index contributed by atoms with van der Waals surface area (Å²) in [5.41, 5.74) is 0. The van der Waals surface area contributed by atoms with Crippen LogP contribution in [0.3, 0.4) is 0 Å². The SMILES string of the molecule is [CH2]CCCCCC/C=C\C/C=C\C/C=C\CCCCC. The van der Waals surface area contributed by atoms with Gasteiger partial charge in [0.25, 0.3) is 0 Å². The van der Waals surface area contributed by atoms with Crippen molar-refractivity contribution in [3.63, 3.8) is 0 Å². The molecule has 0 aliphatic carbocycles. The van der Waals surface area contributed by atoms with E-state index in [2.05, 4.69) is 50.3 Å². The second kappa shape index (κ2) is 18.2. The van der Waals surface area contributed by atoms with E-state index in [1.165, 1.54) is 57.8 Å². The average molecular weight is 276 g/mol. The van der Waals surface area contributed by atoms with Gasteiger partial charge in [-0.05, 0) is 38.5 Å². The molecular weight excluding hydrogens is 240 g/mol. The first kappa shape index (κ1) is 19.2. The van der Waals surface area contributed by atoms with Crippen LogP contribution < -0.4 is 0 Å². The summed E-state index contributed by atoms with van der Waals surface area (Å²) in [5, 5.41) is 0. The van der Waals surface area contributed by atoms with Gasteiger partial charge in [-0.3, -0.25) is 0 Å². The molecule has 0 rings (SSSR count). The Balaban J connectivity index is 3.25. The summed E-state index contributed by atoms with van der Waals surface area (Å²) < 4.78 is 0. The lowest BCUT2D eigenvalue weighted by Crippen LogP contribution is -1.75. The van der Waals surface area contributed by atoms with E-state index < -0.39 is 0 Å². The van der Waals surface area contributed by atoms with Gasteiger partial charge in [0.15, 0.2) is 0 Å². The molecule has 0 bridgehead atoms. The van der Waals surface area contributed by atoms with Crippen LogP contribution in [0.4, 0.5) is 0 Å². The van der Waals surface area contributed by atoms with E-state index in [4.69, 9.17) is 0 Å². The fourth-order valence-corrected chi connectivity index (χ4v) is 2.08. The number of rotatable bonds is 14. The van der Waals surface area contributed by atoms with Crippen molar-refractivity contribution in [2.24, 2.45) is 0 Å². The number of hydrogen-bond acceptors (Lipinski definition) is 0. The van der Waals surface area contributed by atoms with Gasteiger partial charge in [-0.25, -0.2) is 0 Å². The lowest BCUT2D eigenvalue weighted by molar-refractivity contribution is 0.651. The predicted molar refractivity (Wildman–Crippen MR) is 93.9 cm³/mol. The summed E-state index contributed by atoms with van der Waals surface area (Å²) in [6.07, 6.45) is 28.9. The van der Waals surface area contributed by atoms with Crippen LogP contribution in [0, 0.1) is 6.92 Å². The molecule has 0 aromatic rings. The molecule has 0 aliphatic rings. The second-order valence-electron chi connectivity index (χ2n) is 5.44. The van der Waals surface area contributed by atoms with Crippen molar-refractivity contribution in [1.29, 1.82) is 0 Å². The number of hydrogen-bond donors (Lipinski definition) is 0. The van der Waals surface area contributed by atoms with Crippen molar-refractivity contribution in [1.82, 2.24) is 0 Å². The zero-order valence-corrected chi connectivity index (χ0v) is 13.7. The van der Waals surface area contributed by atoms with Gasteiger partial charge in [0.2, 0.25) is 0 Å². The first-order valence-electron chi connectivity index (χ1n) is 8.66. The summed E-state index contributed by atoms with van der Waals surface area (Å²) in [6.45, 7) is 6.12. The highest BCUT2D eigenvalue weighted by Gasteiger charge is 1.86. The van der Waals surface area contributed by atoms with Crippen LogP contribution in [0.5, 0.6) is 0 Å². The van der Waals surface area contributed by atoms with Crippen molar-refractivity contribution in [2.75, 3.05) is 0 Å². The minimum absolute atomic E-state index is 1.09. The van der Waals surface area contributed by atoms with Gasteiger partial charge in [-0.15, -0.1) is 0 Å². The molecule has 115 valence electrons. The first-order valence-corrected chi connectivity index (χ1v) is 8.66. The topological polar surface area (TPSA) is 0 Å². The van der Waals surface area contributed by atoms with Crippen LogP contribution in [-0.4, -0.2) is 0 Å². The molecule has 0 spiro atoms. The highest BCUT2D eigenvalue weighted by molar-refractivity contribution is 4.97. The molecule has 1 radical (unpaired) electrons. The summed E-state index contributed by atoms with van der Waals surface area (Å²) >= 11 is 0. The molecule has 0 amide bonds. The average Bonchev–Trinajstić information content (AvgIpc) is 2.47. The second-order valence-corrected chi connectivity index (χ2v) is 5.44. The van der Waals surface area contributed by atoms with Gasteiger partial charge >= 0.3 is 0 Å². The highest BCUT2D eigenvalue weighted by atomic mass is 13.9. The van der Waals surface area contributed by atoms with E-state index in [1.807, 2.05) is 0 Å². The molecule has 0 heteroatoms. The molecule has 0 nitrogen and oxygen atoms in total. The predicted octanol–water partition coefficient (Wildman–Crippen LogP) is 7.19. The third-order valence-corrected chi connectivity index (χ3v) is 3.39. The Morgan fingerprint density at radius 3 is 1.65 bits per heavy atom. The lowest BCUT2D eigenvalue weighted by atomic mass is 10.1. The molecule has 0 aliphatic heterocycles. The van der Waals surface area contributed by atoms with Crippen molar-refractivity contribution in [3.8, 4) is 0 Å². The van der Waals surface area contributed by atoms with Gasteiger partial charge < -0.3 is 0 Å². The van der Waals surface area contributed by atoms with Gasteiger partial charge in [-0.2, -0.15) is 0 Å². The van der Waals surface area contributed by atoms with E-state index in [0.717, 1.165) is 19.3 Å². The third-order valence-electron chi connectivity index (χ3n) is 3.39. The summed E-state index contributed by atoms with van der Waals surface area (Å²) in [6, 6.07) is 0. The Morgan fingerprint density at radius 1 is 0.600 bits per heavy atom. The summed E-state index contributed by atoms with van der Waals surface area (Å²) in [7, 11) is 0. The van der Waals surface area contributed by atoms with Gasteiger partial charge in [0.05, 0.1) is 0 Å². The zero-order chi connectivity index (χ0) is 14.7. The minimum Gasteiger partial charge on any atom is -0.0882 e. The van der Waals surface area contributed by atoms with Gasteiger partial charge in [0.1, 0.15) is 0 Å². The molecule has 0 aromatic heterocycles. The zero-order valence-electron chi connectivity index (χ0n) is 13.7. The molecule has 0 fully saturated rings. The quantitative estimate of drug-likeness (QED) is 0.232. The largest absolute Gasteiger partial charge is 0.0882 e. The van der Waals surface area contributed by atoms with E-state index in [9.17, 15) is 0 Å². The Labute approximate surface area is 128 Å². The van der Waals surface area contributed by atoms with Crippen LogP contribution in [0.1, 0.15) is 84.0 Å². The molecule has 0 unspecified atom stereocenters. The summed E-state index contributed by atoms with van der Waals surface area (Å²) in [4.78, 5) is 0. The van der Waals surface area contributed by atoms with Crippen LogP contribution in [0.15, 0.2) is 36.5 Å². The van der Waals surface area contributed by atoms with Crippen molar-refractivity contribution in [2.45, 2.75) is 84.0 Å². The maximum Gasteiger partial charge on any atom is -0.0169 e. The van der Waals surface area contributed by atoms with Crippen LogP contribution in [-0.2, 0) is 0 Å². The molecule has 0 N–H and O–H groups in total.